The number of aryl methyl sites for hydroxylation is 2. The number of carbonyl (C=O) groups is 1. The van der Waals surface area contributed by atoms with Crippen molar-refractivity contribution in [2.24, 2.45) is 0 Å². The van der Waals surface area contributed by atoms with Gasteiger partial charge in [0.1, 0.15) is 18.5 Å². The van der Waals surface area contributed by atoms with E-state index in [9.17, 15) is 9.90 Å². The van der Waals surface area contributed by atoms with Crippen molar-refractivity contribution in [2.75, 3.05) is 33.8 Å². The molecule has 0 saturated carbocycles. The van der Waals surface area contributed by atoms with Gasteiger partial charge in [0.05, 0.1) is 6.04 Å². The number of nitrogens with zero attached hydrogens (tertiary/aromatic N) is 2. The third-order valence-corrected chi connectivity index (χ3v) is 4.31. The van der Waals surface area contributed by atoms with E-state index in [2.05, 4.69) is 4.90 Å². The minimum Gasteiger partial charge on any atom is -0.491 e. The van der Waals surface area contributed by atoms with Crippen LogP contribution in [0.3, 0.4) is 0 Å². The fourth-order valence-corrected chi connectivity index (χ4v) is 2.99. The number of hydrogen-bond acceptors (Lipinski definition) is 4. The first kappa shape index (κ1) is 17.8. The zero-order valence-corrected chi connectivity index (χ0v) is 14.6. The molecule has 0 spiro atoms. The van der Waals surface area contributed by atoms with Crippen LogP contribution in [-0.4, -0.2) is 66.8 Å². The Labute approximate surface area is 138 Å². The van der Waals surface area contributed by atoms with Gasteiger partial charge in [0.25, 0.3) is 0 Å². The Bertz CT molecular complexity index is 545. The Morgan fingerprint density at radius 3 is 2.87 bits per heavy atom. The van der Waals surface area contributed by atoms with Gasteiger partial charge < -0.3 is 14.7 Å². The maximum absolute atomic E-state index is 12.2. The van der Waals surface area contributed by atoms with Gasteiger partial charge in [0.2, 0.25) is 5.91 Å². The molecule has 1 aliphatic heterocycles. The molecule has 1 fully saturated rings. The number of rotatable bonds is 6. The lowest BCUT2D eigenvalue weighted by Gasteiger charge is -2.28. The van der Waals surface area contributed by atoms with Crippen LogP contribution in [0, 0.1) is 13.8 Å². The SMILES string of the molecule is Cc1ccc(C)c(OCC(O)CN2CCCC2C(=O)N(C)C)c1. The van der Waals surface area contributed by atoms with Crippen LogP contribution >= 0.6 is 0 Å². The monoisotopic (exact) mass is 320 g/mol. The quantitative estimate of drug-likeness (QED) is 0.865. The second-order valence-corrected chi connectivity index (χ2v) is 6.62. The van der Waals surface area contributed by atoms with Crippen LogP contribution in [-0.2, 0) is 4.79 Å². The summed E-state index contributed by atoms with van der Waals surface area (Å²) in [7, 11) is 3.55. The molecule has 1 saturated heterocycles. The van der Waals surface area contributed by atoms with E-state index >= 15 is 0 Å². The van der Waals surface area contributed by atoms with Gasteiger partial charge in [0.15, 0.2) is 0 Å². The molecule has 128 valence electrons. The van der Waals surface area contributed by atoms with Gasteiger partial charge >= 0.3 is 0 Å². The molecular formula is C18H28N2O3. The van der Waals surface area contributed by atoms with Crippen molar-refractivity contribution >= 4 is 5.91 Å². The lowest BCUT2D eigenvalue weighted by molar-refractivity contribution is -0.133. The summed E-state index contributed by atoms with van der Waals surface area (Å²) in [6.45, 7) is 5.57. The third kappa shape index (κ3) is 4.69. The number of aliphatic hydroxyl groups is 1. The Kier molecular flexibility index (Phi) is 6.02. The van der Waals surface area contributed by atoms with Crippen molar-refractivity contribution in [3.8, 4) is 5.75 Å². The average molecular weight is 320 g/mol. The lowest BCUT2D eigenvalue weighted by atomic mass is 10.1. The molecule has 2 rings (SSSR count). The van der Waals surface area contributed by atoms with Gasteiger partial charge in [-0.25, -0.2) is 0 Å². The van der Waals surface area contributed by atoms with E-state index in [0.717, 1.165) is 36.3 Å². The van der Waals surface area contributed by atoms with E-state index in [1.54, 1.807) is 19.0 Å². The molecule has 2 atom stereocenters. The van der Waals surface area contributed by atoms with Crippen LogP contribution in [0.5, 0.6) is 5.75 Å². The molecule has 1 aliphatic rings. The number of benzene rings is 1. The topological polar surface area (TPSA) is 53.0 Å². The largest absolute Gasteiger partial charge is 0.491 e. The van der Waals surface area contributed by atoms with Crippen molar-refractivity contribution in [3.05, 3.63) is 29.3 Å². The van der Waals surface area contributed by atoms with Crippen LogP contribution in [0.25, 0.3) is 0 Å². The van der Waals surface area contributed by atoms with E-state index in [1.165, 1.54) is 0 Å². The molecule has 5 nitrogen and oxygen atoms in total. The van der Waals surface area contributed by atoms with Gasteiger partial charge in [-0.05, 0) is 50.4 Å². The molecule has 23 heavy (non-hydrogen) atoms. The highest BCUT2D eigenvalue weighted by molar-refractivity contribution is 5.81. The molecule has 1 aromatic carbocycles. The highest BCUT2D eigenvalue weighted by Crippen LogP contribution is 2.21. The number of likely N-dealkylation sites (tertiary alicyclic amines) is 1. The minimum atomic E-state index is -0.606. The second-order valence-electron chi connectivity index (χ2n) is 6.62. The first-order chi connectivity index (χ1) is 10.9. The Morgan fingerprint density at radius 2 is 2.17 bits per heavy atom. The van der Waals surface area contributed by atoms with Gasteiger partial charge in [-0.2, -0.15) is 0 Å². The first-order valence-electron chi connectivity index (χ1n) is 8.22. The number of carbonyl (C=O) groups excluding carboxylic acids is 1. The molecular weight excluding hydrogens is 292 g/mol. The van der Waals surface area contributed by atoms with Crippen molar-refractivity contribution in [1.29, 1.82) is 0 Å². The van der Waals surface area contributed by atoms with E-state index in [4.69, 9.17) is 4.74 Å². The summed E-state index contributed by atoms with van der Waals surface area (Å²) in [5.74, 6) is 0.927. The van der Waals surface area contributed by atoms with Crippen molar-refractivity contribution in [3.63, 3.8) is 0 Å². The standard InChI is InChI=1S/C18H28N2O3/c1-13-7-8-14(2)17(10-13)23-12-15(21)11-20-9-5-6-16(20)18(22)19(3)4/h7-8,10,15-16,21H,5-6,9,11-12H2,1-4H3. The van der Waals surface area contributed by atoms with Crippen LogP contribution in [0.1, 0.15) is 24.0 Å². The summed E-state index contributed by atoms with van der Waals surface area (Å²) in [6.07, 6.45) is 1.25. The fraction of sp³-hybridized carbons (Fsp3) is 0.611. The number of ether oxygens (including phenoxy) is 1. The second kappa shape index (κ2) is 7.79. The van der Waals surface area contributed by atoms with Crippen LogP contribution in [0.2, 0.25) is 0 Å². The Balaban J connectivity index is 1.88. The summed E-state index contributed by atoms with van der Waals surface area (Å²) in [4.78, 5) is 15.9. The molecule has 0 aromatic heterocycles. The molecule has 0 radical (unpaired) electrons. The number of hydrogen-bond donors (Lipinski definition) is 1. The van der Waals surface area contributed by atoms with Gasteiger partial charge in [-0.1, -0.05) is 12.1 Å². The molecule has 1 N–H and O–H groups in total. The maximum Gasteiger partial charge on any atom is 0.239 e. The van der Waals surface area contributed by atoms with Crippen LogP contribution < -0.4 is 4.74 Å². The number of amides is 1. The average Bonchev–Trinajstić information content (AvgIpc) is 2.95. The van der Waals surface area contributed by atoms with Gasteiger partial charge in [-0.15, -0.1) is 0 Å². The molecule has 1 heterocycles. The predicted molar refractivity (Wildman–Crippen MR) is 90.7 cm³/mol. The predicted octanol–water partition coefficient (Wildman–Crippen LogP) is 1.60. The number of likely N-dealkylation sites (N-methyl/N-ethyl adjacent to an activating group) is 1. The summed E-state index contributed by atoms with van der Waals surface area (Å²) >= 11 is 0. The smallest absolute Gasteiger partial charge is 0.239 e. The number of aliphatic hydroxyl groups excluding tert-OH is 1. The van der Waals surface area contributed by atoms with Crippen LogP contribution in [0.4, 0.5) is 0 Å². The molecule has 2 unspecified atom stereocenters. The molecule has 0 aliphatic carbocycles. The van der Waals surface area contributed by atoms with E-state index in [-0.39, 0.29) is 18.6 Å². The summed E-state index contributed by atoms with van der Waals surface area (Å²) < 4.78 is 5.76. The number of β-amino-alcohol motifs (C(OH)–C–C–N with tert-alkyl or cyclic N) is 1. The van der Waals surface area contributed by atoms with Crippen molar-refractivity contribution in [1.82, 2.24) is 9.80 Å². The fourth-order valence-electron chi connectivity index (χ4n) is 2.99. The third-order valence-electron chi connectivity index (χ3n) is 4.31. The van der Waals surface area contributed by atoms with Gasteiger partial charge in [-0.3, -0.25) is 9.69 Å². The Hall–Kier alpha value is -1.59. The maximum atomic E-state index is 12.2. The highest BCUT2D eigenvalue weighted by atomic mass is 16.5. The minimum absolute atomic E-state index is 0.111. The zero-order valence-electron chi connectivity index (χ0n) is 14.6. The molecule has 5 heteroatoms. The summed E-state index contributed by atoms with van der Waals surface area (Å²) in [5, 5.41) is 10.3. The highest BCUT2D eigenvalue weighted by Gasteiger charge is 2.32. The molecule has 1 amide bonds. The first-order valence-corrected chi connectivity index (χ1v) is 8.22. The van der Waals surface area contributed by atoms with E-state index in [0.29, 0.717) is 6.54 Å². The lowest BCUT2D eigenvalue weighted by Crippen LogP contribution is -2.46. The Morgan fingerprint density at radius 1 is 1.43 bits per heavy atom. The molecule has 1 aromatic rings. The van der Waals surface area contributed by atoms with Gasteiger partial charge in [0, 0.05) is 20.6 Å². The molecule has 0 bridgehead atoms. The summed E-state index contributed by atoms with van der Waals surface area (Å²) in [5.41, 5.74) is 2.20. The van der Waals surface area contributed by atoms with E-state index in [1.807, 2.05) is 32.0 Å². The van der Waals surface area contributed by atoms with Crippen molar-refractivity contribution < 1.29 is 14.6 Å². The normalized spacial score (nSPS) is 19.6. The van der Waals surface area contributed by atoms with Crippen LogP contribution in [0.15, 0.2) is 18.2 Å². The zero-order chi connectivity index (χ0) is 17.0. The van der Waals surface area contributed by atoms with E-state index < -0.39 is 6.10 Å². The van der Waals surface area contributed by atoms with Crippen molar-refractivity contribution in [2.45, 2.75) is 38.8 Å². The summed E-state index contributed by atoms with van der Waals surface area (Å²) in [6, 6.07) is 5.93.